The molecule has 16 heavy (non-hydrogen) atoms. The van der Waals surface area contributed by atoms with Crippen LogP contribution in [-0.4, -0.2) is 0 Å². The summed E-state index contributed by atoms with van der Waals surface area (Å²) in [6, 6.07) is 8.06. The van der Waals surface area contributed by atoms with E-state index in [4.69, 9.17) is 17.3 Å². The lowest BCUT2D eigenvalue weighted by Crippen LogP contribution is -1.91. The monoisotopic (exact) mass is 239 g/mol. The Bertz CT molecular complexity index is 520. The van der Waals surface area contributed by atoms with Gasteiger partial charge in [0.25, 0.3) is 0 Å². The second-order valence-electron chi connectivity index (χ2n) is 3.39. The highest BCUT2D eigenvalue weighted by atomic mass is 35.5. The molecule has 2 N–H and O–H groups in total. The van der Waals surface area contributed by atoms with Crippen molar-refractivity contribution in [2.24, 2.45) is 0 Å². The Hall–Kier alpha value is -1.61. The lowest BCUT2D eigenvalue weighted by molar-refractivity contribution is 0.584. The van der Waals surface area contributed by atoms with E-state index in [-0.39, 0.29) is 0 Å². The van der Waals surface area contributed by atoms with Crippen molar-refractivity contribution in [3.8, 4) is 11.1 Å². The minimum atomic E-state index is -0.635. The topological polar surface area (TPSA) is 26.0 Å². The highest BCUT2D eigenvalue weighted by molar-refractivity contribution is 6.31. The normalized spacial score (nSPS) is 10.4. The van der Waals surface area contributed by atoms with Crippen LogP contribution < -0.4 is 5.73 Å². The SMILES string of the molecule is Nc1cc(Cl)ccc1-c1cc(F)cc(F)c1. The third-order valence-corrected chi connectivity index (χ3v) is 2.42. The maximum Gasteiger partial charge on any atom is 0.126 e. The van der Waals surface area contributed by atoms with Gasteiger partial charge in [-0.3, -0.25) is 0 Å². The molecule has 0 spiro atoms. The van der Waals surface area contributed by atoms with Gasteiger partial charge in [0, 0.05) is 22.3 Å². The molecule has 0 atom stereocenters. The smallest absolute Gasteiger partial charge is 0.126 e. The van der Waals surface area contributed by atoms with E-state index >= 15 is 0 Å². The van der Waals surface area contributed by atoms with E-state index < -0.39 is 11.6 Å². The van der Waals surface area contributed by atoms with E-state index in [9.17, 15) is 8.78 Å². The predicted octanol–water partition coefficient (Wildman–Crippen LogP) is 3.87. The van der Waals surface area contributed by atoms with Gasteiger partial charge in [-0.05, 0) is 29.8 Å². The fourth-order valence-corrected chi connectivity index (χ4v) is 1.69. The second-order valence-corrected chi connectivity index (χ2v) is 3.83. The van der Waals surface area contributed by atoms with Crippen LogP contribution in [-0.2, 0) is 0 Å². The molecular formula is C12H8ClF2N. The molecule has 0 saturated heterocycles. The summed E-state index contributed by atoms with van der Waals surface area (Å²) in [6.07, 6.45) is 0. The average Bonchev–Trinajstić information content (AvgIpc) is 2.15. The second kappa shape index (κ2) is 4.10. The molecule has 0 unspecified atom stereocenters. The fourth-order valence-electron chi connectivity index (χ4n) is 1.51. The summed E-state index contributed by atoms with van der Waals surface area (Å²) in [7, 11) is 0. The molecule has 4 heteroatoms. The minimum absolute atomic E-state index is 0.387. The van der Waals surface area contributed by atoms with Gasteiger partial charge in [-0.25, -0.2) is 8.78 Å². The third kappa shape index (κ3) is 2.14. The summed E-state index contributed by atoms with van der Waals surface area (Å²) in [5, 5.41) is 0.484. The maximum absolute atomic E-state index is 13.0. The molecule has 0 fully saturated rings. The number of halogens is 3. The molecule has 0 bridgehead atoms. The van der Waals surface area contributed by atoms with Crippen LogP contribution in [0.4, 0.5) is 14.5 Å². The molecule has 0 heterocycles. The van der Waals surface area contributed by atoms with Crippen molar-refractivity contribution in [3.63, 3.8) is 0 Å². The molecule has 0 radical (unpaired) electrons. The zero-order valence-electron chi connectivity index (χ0n) is 8.18. The Morgan fingerprint density at radius 2 is 1.56 bits per heavy atom. The van der Waals surface area contributed by atoms with E-state index in [2.05, 4.69) is 0 Å². The molecule has 2 rings (SSSR count). The summed E-state index contributed by atoms with van der Waals surface area (Å²) < 4.78 is 26.0. The summed E-state index contributed by atoms with van der Waals surface area (Å²) in [5.74, 6) is -1.27. The van der Waals surface area contributed by atoms with Crippen LogP contribution in [0.15, 0.2) is 36.4 Å². The van der Waals surface area contributed by atoms with Gasteiger partial charge in [0.05, 0.1) is 0 Å². The van der Waals surface area contributed by atoms with E-state index in [0.717, 1.165) is 6.07 Å². The third-order valence-electron chi connectivity index (χ3n) is 2.19. The Morgan fingerprint density at radius 1 is 0.938 bits per heavy atom. The largest absolute Gasteiger partial charge is 0.398 e. The summed E-state index contributed by atoms with van der Waals surface area (Å²) >= 11 is 5.74. The molecule has 0 saturated carbocycles. The van der Waals surface area contributed by atoms with Crippen molar-refractivity contribution in [2.75, 3.05) is 5.73 Å². The Labute approximate surface area is 96.5 Å². The molecule has 0 amide bonds. The van der Waals surface area contributed by atoms with Crippen LogP contribution in [0, 0.1) is 11.6 Å². The van der Waals surface area contributed by atoms with Gasteiger partial charge in [0.2, 0.25) is 0 Å². The number of hydrogen-bond acceptors (Lipinski definition) is 1. The van der Waals surface area contributed by atoms with E-state index in [1.807, 2.05) is 0 Å². The number of benzene rings is 2. The van der Waals surface area contributed by atoms with Gasteiger partial charge in [0.15, 0.2) is 0 Å². The number of nitrogens with two attached hydrogens (primary N) is 1. The molecule has 0 aromatic heterocycles. The Kier molecular flexibility index (Phi) is 2.79. The lowest BCUT2D eigenvalue weighted by Gasteiger charge is -2.06. The van der Waals surface area contributed by atoms with Gasteiger partial charge in [0.1, 0.15) is 11.6 Å². The van der Waals surface area contributed by atoms with Crippen molar-refractivity contribution in [1.82, 2.24) is 0 Å². The standard InChI is InChI=1S/C12H8ClF2N/c13-8-1-2-11(12(16)5-8)7-3-9(14)6-10(15)4-7/h1-6H,16H2. The molecule has 82 valence electrons. The highest BCUT2D eigenvalue weighted by Gasteiger charge is 2.06. The van der Waals surface area contributed by atoms with E-state index in [1.165, 1.54) is 12.1 Å². The Balaban J connectivity index is 2.58. The molecule has 0 aliphatic rings. The molecular weight excluding hydrogens is 232 g/mol. The van der Waals surface area contributed by atoms with Crippen molar-refractivity contribution in [1.29, 1.82) is 0 Å². The van der Waals surface area contributed by atoms with Crippen molar-refractivity contribution >= 4 is 17.3 Å². The zero-order chi connectivity index (χ0) is 11.7. The van der Waals surface area contributed by atoms with Crippen molar-refractivity contribution in [2.45, 2.75) is 0 Å². The first kappa shape index (κ1) is 10.9. The van der Waals surface area contributed by atoms with Gasteiger partial charge in [-0.2, -0.15) is 0 Å². The van der Waals surface area contributed by atoms with Crippen molar-refractivity contribution < 1.29 is 8.78 Å². The minimum Gasteiger partial charge on any atom is -0.398 e. The molecule has 0 aliphatic carbocycles. The first-order valence-corrected chi connectivity index (χ1v) is 4.95. The van der Waals surface area contributed by atoms with Gasteiger partial charge in [-0.15, -0.1) is 0 Å². The Morgan fingerprint density at radius 3 is 2.12 bits per heavy atom. The molecule has 2 aromatic rings. The molecule has 0 aliphatic heterocycles. The molecule has 2 aromatic carbocycles. The van der Waals surface area contributed by atoms with Crippen LogP contribution in [0.25, 0.3) is 11.1 Å². The first-order chi connectivity index (χ1) is 7.56. The summed E-state index contributed by atoms with van der Waals surface area (Å²) in [5.41, 5.74) is 7.06. The van der Waals surface area contributed by atoms with Crippen LogP contribution in [0.1, 0.15) is 0 Å². The van der Waals surface area contributed by atoms with E-state index in [0.29, 0.717) is 21.8 Å². The summed E-state index contributed by atoms with van der Waals surface area (Å²) in [4.78, 5) is 0. The first-order valence-electron chi connectivity index (χ1n) is 4.58. The highest BCUT2D eigenvalue weighted by Crippen LogP contribution is 2.29. The maximum atomic E-state index is 13.0. The average molecular weight is 240 g/mol. The van der Waals surface area contributed by atoms with Crippen LogP contribution >= 0.6 is 11.6 Å². The van der Waals surface area contributed by atoms with Crippen LogP contribution in [0.5, 0.6) is 0 Å². The number of anilines is 1. The summed E-state index contributed by atoms with van der Waals surface area (Å²) in [6.45, 7) is 0. The van der Waals surface area contributed by atoms with Gasteiger partial charge >= 0.3 is 0 Å². The van der Waals surface area contributed by atoms with Gasteiger partial charge in [-0.1, -0.05) is 17.7 Å². The quantitative estimate of drug-likeness (QED) is 0.751. The number of nitrogen functional groups attached to an aromatic ring is 1. The number of hydrogen-bond donors (Lipinski definition) is 1. The number of rotatable bonds is 1. The molecule has 1 nitrogen and oxygen atoms in total. The predicted molar refractivity (Wildman–Crippen MR) is 61.2 cm³/mol. The van der Waals surface area contributed by atoms with Crippen LogP contribution in [0.3, 0.4) is 0 Å². The van der Waals surface area contributed by atoms with Crippen molar-refractivity contribution in [3.05, 3.63) is 53.1 Å². The fraction of sp³-hybridized carbons (Fsp3) is 0. The van der Waals surface area contributed by atoms with E-state index in [1.54, 1.807) is 18.2 Å². The van der Waals surface area contributed by atoms with Gasteiger partial charge < -0.3 is 5.73 Å². The lowest BCUT2D eigenvalue weighted by atomic mass is 10.0. The zero-order valence-corrected chi connectivity index (χ0v) is 8.93. The van der Waals surface area contributed by atoms with Crippen LogP contribution in [0.2, 0.25) is 5.02 Å².